The fraction of sp³-hybridized carbons (Fsp3) is 0.286. The van der Waals surface area contributed by atoms with Gasteiger partial charge in [0.05, 0.1) is 6.54 Å². The Hall–Kier alpha value is -1.40. The predicted octanol–water partition coefficient (Wildman–Crippen LogP) is 3.11. The van der Waals surface area contributed by atoms with E-state index in [0.717, 1.165) is 22.0 Å². The highest BCUT2D eigenvalue weighted by Crippen LogP contribution is 2.17. The van der Waals surface area contributed by atoms with E-state index in [9.17, 15) is 0 Å². The molecule has 4 nitrogen and oxygen atoms in total. The molecule has 0 amide bonds. The summed E-state index contributed by atoms with van der Waals surface area (Å²) in [5, 5.41) is 6.35. The highest BCUT2D eigenvalue weighted by atomic mass is 79.9. The van der Waals surface area contributed by atoms with Gasteiger partial charge in [-0.25, -0.2) is 4.98 Å². The van der Waals surface area contributed by atoms with Gasteiger partial charge in [0, 0.05) is 36.7 Å². The number of benzene rings is 1. The Kier molecular flexibility index (Phi) is 5.55. The average Bonchev–Trinajstić information content (AvgIpc) is 2.95. The fourth-order valence-electron chi connectivity index (χ4n) is 1.84. The van der Waals surface area contributed by atoms with Crippen LogP contribution in [0.2, 0.25) is 0 Å². The number of guanidine groups is 1. The Bertz CT molecular complexity index is 568. The third-order valence-corrected chi connectivity index (χ3v) is 4.37. The zero-order valence-corrected chi connectivity index (χ0v) is 13.9. The van der Waals surface area contributed by atoms with Crippen LogP contribution in [0.15, 0.2) is 45.3 Å². The maximum atomic E-state index is 4.31. The summed E-state index contributed by atoms with van der Waals surface area (Å²) in [6.45, 7) is 1.49. The molecule has 0 spiro atoms. The summed E-state index contributed by atoms with van der Waals surface area (Å²) >= 11 is 5.21. The molecule has 0 saturated carbocycles. The largest absolute Gasteiger partial charge is 0.350 e. The van der Waals surface area contributed by atoms with Gasteiger partial charge in [-0.3, -0.25) is 4.99 Å². The predicted molar refractivity (Wildman–Crippen MR) is 87.9 cm³/mol. The van der Waals surface area contributed by atoms with Crippen molar-refractivity contribution in [2.75, 3.05) is 14.1 Å². The van der Waals surface area contributed by atoms with E-state index in [1.165, 1.54) is 5.56 Å². The first-order valence-electron chi connectivity index (χ1n) is 6.24. The van der Waals surface area contributed by atoms with Crippen molar-refractivity contribution in [3.8, 4) is 0 Å². The molecule has 0 atom stereocenters. The zero-order chi connectivity index (χ0) is 14.4. The molecule has 1 aromatic heterocycles. The van der Waals surface area contributed by atoms with Crippen LogP contribution in [0, 0.1) is 0 Å². The Morgan fingerprint density at radius 3 is 2.90 bits per heavy atom. The molecule has 0 unspecified atom stereocenters. The van der Waals surface area contributed by atoms with E-state index in [1.807, 2.05) is 30.8 Å². The molecule has 0 aliphatic rings. The van der Waals surface area contributed by atoms with Gasteiger partial charge in [-0.1, -0.05) is 34.1 Å². The van der Waals surface area contributed by atoms with Crippen LogP contribution in [-0.2, 0) is 13.1 Å². The maximum Gasteiger partial charge on any atom is 0.194 e. The number of halogens is 1. The molecule has 1 heterocycles. The minimum Gasteiger partial charge on any atom is -0.350 e. The van der Waals surface area contributed by atoms with Crippen LogP contribution in [0.4, 0.5) is 0 Å². The molecule has 6 heteroatoms. The molecule has 1 aromatic carbocycles. The average molecular weight is 353 g/mol. The molecule has 20 heavy (non-hydrogen) atoms. The molecule has 1 N–H and O–H groups in total. The summed E-state index contributed by atoms with van der Waals surface area (Å²) in [6.07, 6.45) is 1.81. The summed E-state index contributed by atoms with van der Waals surface area (Å²) < 4.78 is 1.11. The van der Waals surface area contributed by atoms with Crippen molar-refractivity contribution in [3.05, 3.63) is 50.9 Å². The molecular weight excluding hydrogens is 336 g/mol. The third kappa shape index (κ3) is 4.05. The highest BCUT2D eigenvalue weighted by Gasteiger charge is 2.08. The number of rotatable bonds is 4. The summed E-state index contributed by atoms with van der Waals surface area (Å²) in [6, 6.07) is 8.21. The first kappa shape index (κ1) is 15.0. The van der Waals surface area contributed by atoms with E-state index in [1.54, 1.807) is 18.4 Å². The van der Waals surface area contributed by atoms with Crippen molar-refractivity contribution in [1.82, 2.24) is 15.2 Å². The third-order valence-electron chi connectivity index (χ3n) is 2.82. The van der Waals surface area contributed by atoms with Gasteiger partial charge < -0.3 is 10.2 Å². The van der Waals surface area contributed by atoms with Crippen LogP contribution >= 0.6 is 27.3 Å². The number of nitrogens with zero attached hydrogens (tertiary/aromatic N) is 3. The Morgan fingerprint density at radius 1 is 1.45 bits per heavy atom. The van der Waals surface area contributed by atoms with Crippen molar-refractivity contribution in [3.63, 3.8) is 0 Å². The summed E-state index contributed by atoms with van der Waals surface area (Å²) in [5.74, 6) is 0.857. The Balaban J connectivity index is 1.95. The van der Waals surface area contributed by atoms with Gasteiger partial charge in [0.15, 0.2) is 5.96 Å². The summed E-state index contributed by atoms with van der Waals surface area (Å²) in [7, 11) is 3.82. The van der Waals surface area contributed by atoms with Gasteiger partial charge in [0.2, 0.25) is 0 Å². The van der Waals surface area contributed by atoms with Gasteiger partial charge in [0.1, 0.15) is 5.01 Å². The molecule has 2 rings (SSSR count). The van der Waals surface area contributed by atoms with E-state index in [0.29, 0.717) is 6.54 Å². The van der Waals surface area contributed by atoms with Crippen LogP contribution in [-0.4, -0.2) is 29.9 Å². The van der Waals surface area contributed by atoms with E-state index in [4.69, 9.17) is 0 Å². The molecule has 106 valence electrons. The molecule has 0 saturated heterocycles. The van der Waals surface area contributed by atoms with Crippen LogP contribution < -0.4 is 5.32 Å². The van der Waals surface area contributed by atoms with E-state index in [2.05, 4.69) is 48.3 Å². The lowest BCUT2D eigenvalue weighted by molar-refractivity contribution is 0.475. The van der Waals surface area contributed by atoms with Gasteiger partial charge in [0.25, 0.3) is 0 Å². The second kappa shape index (κ2) is 7.40. The number of hydrogen-bond acceptors (Lipinski definition) is 3. The van der Waals surface area contributed by atoms with Crippen LogP contribution in [0.1, 0.15) is 10.6 Å². The van der Waals surface area contributed by atoms with E-state index in [-0.39, 0.29) is 0 Å². The number of aliphatic imine (C=N–C) groups is 1. The second-order valence-electron chi connectivity index (χ2n) is 4.27. The van der Waals surface area contributed by atoms with Crippen LogP contribution in [0.5, 0.6) is 0 Å². The number of aromatic nitrogens is 1. The van der Waals surface area contributed by atoms with Crippen molar-refractivity contribution in [2.24, 2.45) is 4.99 Å². The van der Waals surface area contributed by atoms with Gasteiger partial charge >= 0.3 is 0 Å². The Labute approximate surface area is 131 Å². The van der Waals surface area contributed by atoms with Crippen molar-refractivity contribution < 1.29 is 0 Å². The standard InChI is InChI=1S/C14H17BrN4S/c1-16-14(18-9-13-17-7-8-20-13)19(2)10-11-5-3-4-6-12(11)15/h3-8H,9-10H2,1-2H3,(H,16,18). The van der Waals surface area contributed by atoms with Crippen LogP contribution in [0.25, 0.3) is 0 Å². The molecule has 0 radical (unpaired) electrons. The molecule has 2 aromatic rings. The molecule has 0 fully saturated rings. The fourth-order valence-corrected chi connectivity index (χ4v) is 2.80. The first-order valence-corrected chi connectivity index (χ1v) is 7.91. The number of thiazole rings is 1. The van der Waals surface area contributed by atoms with Gasteiger partial charge in [-0.15, -0.1) is 11.3 Å². The van der Waals surface area contributed by atoms with Crippen molar-refractivity contribution in [1.29, 1.82) is 0 Å². The lowest BCUT2D eigenvalue weighted by Gasteiger charge is -2.22. The van der Waals surface area contributed by atoms with Gasteiger partial charge in [-0.05, 0) is 11.6 Å². The monoisotopic (exact) mass is 352 g/mol. The lowest BCUT2D eigenvalue weighted by Crippen LogP contribution is -2.38. The summed E-state index contributed by atoms with van der Waals surface area (Å²) in [5.41, 5.74) is 1.23. The van der Waals surface area contributed by atoms with Crippen LogP contribution in [0.3, 0.4) is 0 Å². The normalized spacial score (nSPS) is 11.4. The van der Waals surface area contributed by atoms with E-state index < -0.39 is 0 Å². The van der Waals surface area contributed by atoms with Gasteiger partial charge in [-0.2, -0.15) is 0 Å². The highest BCUT2D eigenvalue weighted by molar-refractivity contribution is 9.10. The second-order valence-corrected chi connectivity index (χ2v) is 6.11. The first-order chi connectivity index (χ1) is 9.70. The maximum absolute atomic E-state index is 4.31. The smallest absolute Gasteiger partial charge is 0.194 e. The van der Waals surface area contributed by atoms with E-state index >= 15 is 0 Å². The SMILES string of the molecule is CN=C(NCc1nccs1)N(C)Cc1ccccc1Br. The number of hydrogen-bond donors (Lipinski definition) is 1. The number of nitrogens with one attached hydrogen (secondary N) is 1. The summed E-state index contributed by atoms with van der Waals surface area (Å²) in [4.78, 5) is 10.7. The minimum atomic E-state index is 0.699. The van der Waals surface area contributed by atoms with Crippen molar-refractivity contribution in [2.45, 2.75) is 13.1 Å². The molecule has 0 bridgehead atoms. The molecule has 0 aliphatic carbocycles. The topological polar surface area (TPSA) is 40.5 Å². The van der Waals surface area contributed by atoms with Crippen molar-refractivity contribution >= 4 is 33.2 Å². The Morgan fingerprint density at radius 2 is 2.25 bits per heavy atom. The quantitative estimate of drug-likeness (QED) is 0.678. The zero-order valence-electron chi connectivity index (χ0n) is 11.5. The lowest BCUT2D eigenvalue weighted by atomic mass is 10.2. The molecular formula is C14H17BrN4S. The molecule has 0 aliphatic heterocycles. The minimum absolute atomic E-state index is 0.699.